The van der Waals surface area contributed by atoms with Gasteiger partial charge in [-0.25, -0.2) is 0 Å². The van der Waals surface area contributed by atoms with Crippen LogP contribution in [-0.2, 0) is 6.42 Å². The van der Waals surface area contributed by atoms with Crippen molar-refractivity contribution in [2.45, 2.75) is 25.5 Å². The molecule has 2 atom stereocenters. The van der Waals surface area contributed by atoms with Gasteiger partial charge >= 0.3 is 0 Å². The lowest BCUT2D eigenvalue weighted by Crippen LogP contribution is -2.51. The summed E-state index contributed by atoms with van der Waals surface area (Å²) in [6.45, 7) is 1.09. The lowest BCUT2D eigenvalue weighted by molar-refractivity contribution is 0.0844. The van der Waals surface area contributed by atoms with E-state index in [-0.39, 0.29) is 6.23 Å². The standard InChI is InChI=1S/C18H19NO/c1-2-9-16(10-3-1)19-12-6-8-15-13-14-7-4-5-11-17(14)20-18(15)19/h1-5,7,9-11,15,18H,6,8,12-13H2/t15-,18+/m0/s1. The molecule has 1 saturated heterocycles. The van der Waals surface area contributed by atoms with Gasteiger partial charge in [0.25, 0.3) is 0 Å². The van der Waals surface area contributed by atoms with Gasteiger partial charge in [-0.15, -0.1) is 0 Å². The first-order chi connectivity index (χ1) is 9.92. The molecule has 2 nitrogen and oxygen atoms in total. The second-order valence-electron chi connectivity index (χ2n) is 5.75. The highest BCUT2D eigenvalue weighted by molar-refractivity contribution is 5.48. The van der Waals surface area contributed by atoms with Crippen LogP contribution in [0.5, 0.6) is 5.75 Å². The molecular weight excluding hydrogens is 246 g/mol. The number of para-hydroxylation sites is 2. The molecule has 0 aliphatic carbocycles. The first-order valence-corrected chi connectivity index (χ1v) is 7.48. The molecule has 0 bridgehead atoms. The Kier molecular flexibility index (Phi) is 2.87. The minimum Gasteiger partial charge on any atom is -0.470 e. The molecule has 1 fully saturated rings. The van der Waals surface area contributed by atoms with Crippen molar-refractivity contribution in [1.29, 1.82) is 0 Å². The lowest BCUT2D eigenvalue weighted by Gasteiger charge is -2.45. The van der Waals surface area contributed by atoms with E-state index < -0.39 is 0 Å². The van der Waals surface area contributed by atoms with Crippen molar-refractivity contribution in [2.75, 3.05) is 11.4 Å². The maximum Gasteiger partial charge on any atom is 0.175 e. The quantitative estimate of drug-likeness (QED) is 0.776. The summed E-state index contributed by atoms with van der Waals surface area (Å²) in [6, 6.07) is 19.1. The Balaban J connectivity index is 1.68. The summed E-state index contributed by atoms with van der Waals surface area (Å²) in [7, 11) is 0. The van der Waals surface area contributed by atoms with Crippen molar-refractivity contribution in [3.05, 3.63) is 60.2 Å². The number of benzene rings is 2. The summed E-state index contributed by atoms with van der Waals surface area (Å²) in [5.74, 6) is 1.68. The number of anilines is 1. The van der Waals surface area contributed by atoms with Crippen LogP contribution in [0.3, 0.4) is 0 Å². The van der Waals surface area contributed by atoms with Gasteiger partial charge in [-0.3, -0.25) is 0 Å². The van der Waals surface area contributed by atoms with E-state index in [1.807, 2.05) is 0 Å². The van der Waals surface area contributed by atoms with Crippen LogP contribution in [0.1, 0.15) is 18.4 Å². The van der Waals surface area contributed by atoms with Crippen LogP contribution in [0, 0.1) is 5.92 Å². The number of hydrogen-bond acceptors (Lipinski definition) is 2. The van der Waals surface area contributed by atoms with Gasteiger partial charge in [0.05, 0.1) is 0 Å². The highest BCUT2D eigenvalue weighted by atomic mass is 16.5. The summed E-state index contributed by atoms with van der Waals surface area (Å²) in [6.07, 6.45) is 3.86. The zero-order valence-electron chi connectivity index (χ0n) is 11.5. The van der Waals surface area contributed by atoms with Crippen LogP contribution in [0.4, 0.5) is 5.69 Å². The molecule has 20 heavy (non-hydrogen) atoms. The molecule has 2 aromatic carbocycles. The predicted molar refractivity (Wildman–Crippen MR) is 81.1 cm³/mol. The summed E-state index contributed by atoms with van der Waals surface area (Å²) in [5.41, 5.74) is 2.64. The third-order valence-electron chi connectivity index (χ3n) is 4.47. The van der Waals surface area contributed by atoms with Crippen LogP contribution in [-0.4, -0.2) is 12.8 Å². The van der Waals surface area contributed by atoms with Gasteiger partial charge < -0.3 is 9.64 Å². The molecule has 2 heterocycles. The SMILES string of the molecule is c1ccc(N2CCC[C@H]3Cc4ccccc4O[C@H]32)cc1. The van der Waals surface area contributed by atoms with Crippen molar-refractivity contribution >= 4 is 5.69 Å². The molecule has 0 unspecified atom stereocenters. The fourth-order valence-electron chi connectivity index (χ4n) is 3.51. The Morgan fingerprint density at radius 2 is 1.75 bits per heavy atom. The molecule has 0 saturated carbocycles. The average molecular weight is 265 g/mol. The average Bonchev–Trinajstić information content (AvgIpc) is 2.53. The van der Waals surface area contributed by atoms with E-state index in [0.717, 1.165) is 18.7 Å². The van der Waals surface area contributed by atoms with Gasteiger partial charge in [0, 0.05) is 18.2 Å². The van der Waals surface area contributed by atoms with E-state index in [0.29, 0.717) is 5.92 Å². The van der Waals surface area contributed by atoms with Crippen LogP contribution < -0.4 is 9.64 Å². The molecule has 4 rings (SSSR count). The smallest absolute Gasteiger partial charge is 0.175 e. The minimum atomic E-state index is 0.195. The monoisotopic (exact) mass is 265 g/mol. The van der Waals surface area contributed by atoms with E-state index in [2.05, 4.69) is 59.5 Å². The number of fused-ring (bicyclic) bond motifs is 2. The largest absolute Gasteiger partial charge is 0.470 e. The second kappa shape index (κ2) is 4.86. The van der Waals surface area contributed by atoms with Gasteiger partial charge in [0.15, 0.2) is 6.23 Å². The Hall–Kier alpha value is -1.96. The van der Waals surface area contributed by atoms with Crippen molar-refractivity contribution in [2.24, 2.45) is 5.92 Å². The molecule has 102 valence electrons. The van der Waals surface area contributed by atoms with Crippen molar-refractivity contribution < 1.29 is 4.74 Å². The van der Waals surface area contributed by atoms with Gasteiger partial charge in [0.1, 0.15) is 5.75 Å². The Morgan fingerprint density at radius 1 is 0.950 bits per heavy atom. The van der Waals surface area contributed by atoms with Crippen LogP contribution in [0.25, 0.3) is 0 Å². The first-order valence-electron chi connectivity index (χ1n) is 7.48. The molecule has 2 aliphatic rings. The van der Waals surface area contributed by atoms with Crippen LogP contribution >= 0.6 is 0 Å². The zero-order chi connectivity index (χ0) is 13.4. The summed E-state index contributed by atoms with van der Waals surface area (Å²) in [4.78, 5) is 2.43. The zero-order valence-corrected chi connectivity index (χ0v) is 11.5. The van der Waals surface area contributed by atoms with E-state index >= 15 is 0 Å². The van der Waals surface area contributed by atoms with Crippen LogP contribution in [0.15, 0.2) is 54.6 Å². The van der Waals surface area contributed by atoms with E-state index in [1.54, 1.807) is 0 Å². The molecular formula is C18H19NO. The Bertz CT molecular complexity index is 595. The summed E-state index contributed by atoms with van der Waals surface area (Å²) in [5, 5.41) is 0. The second-order valence-corrected chi connectivity index (χ2v) is 5.75. The van der Waals surface area contributed by atoms with Crippen molar-refractivity contribution in [3.8, 4) is 5.75 Å². The third kappa shape index (κ3) is 1.96. The minimum absolute atomic E-state index is 0.195. The number of piperidine rings is 1. The van der Waals surface area contributed by atoms with Crippen molar-refractivity contribution in [1.82, 2.24) is 0 Å². The van der Waals surface area contributed by atoms with Gasteiger partial charge in [-0.1, -0.05) is 36.4 Å². The lowest BCUT2D eigenvalue weighted by atomic mass is 9.87. The third-order valence-corrected chi connectivity index (χ3v) is 4.47. The van der Waals surface area contributed by atoms with E-state index in [1.165, 1.54) is 24.1 Å². The number of rotatable bonds is 1. The maximum absolute atomic E-state index is 6.33. The summed E-state index contributed by atoms with van der Waals surface area (Å²) < 4.78 is 6.33. The van der Waals surface area contributed by atoms with Gasteiger partial charge in [-0.2, -0.15) is 0 Å². The molecule has 2 aliphatic heterocycles. The predicted octanol–water partition coefficient (Wildman–Crippen LogP) is 3.86. The molecule has 0 aromatic heterocycles. The maximum atomic E-state index is 6.33. The Morgan fingerprint density at radius 3 is 2.65 bits per heavy atom. The number of hydrogen-bond donors (Lipinski definition) is 0. The first kappa shape index (κ1) is 11.8. The molecule has 0 spiro atoms. The van der Waals surface area contributed by atoms with Gasteiger partial charge in [0.2, 0.25) is 0 Å². The van der Waals surface area contributed by atoms with E-state index in [4.69, 9.17) is 4.74 Å². The van der Waals surface area contributed by atoms with Crippen LogP contribution in [0.2, 0.25) is 0 Å². The number of nitrogens with zero attached hydrogens (tertiary/aromatic N) is 1. The molecule has 2 aromatic rings. The number of ether oxygens (including phenoxy) is 1. The summed E-state index contributed by atoms with van der Waals surface area (Å²) >= 11 is 0. The fraction of sp³-hybridized carbons (Fsp3) is 0.333. The molecule has 2 heteroatoms. The normalized spacial score (nSPS) is 24.5. The van der Waals surface area contributed by atoms with E-state index in [9.17, 15) is 0 Å². The highest BCUT2D eigenvalue weighted by Crippen LogP contribution is 2.38. The molecule has 0 radical (unpaired) electrons. The topological polar surface area (TPSA) is 12.5 Å². The van der Waals surface area contributed by atoms with Gasteiger partial charge in [-0.05, 0) is 43.0 Å². The molecule has 0 N–H and O–H groups in total. The Labute approximate surface area is 120 Å². The highest BCUT2D eigenvalue weighted by Gasteiger charge is 2.37. The van der Waals surface area contributed by atoms with Crippen molar-refractivity contribution in [3.63, 3.8) is 0 Å². The molecule has 0 amide bonds. The fourth-order valence-corrected chi connectivity index (χ4v) is 3.51.